The van der Waals surface area contributed by atoms with Crippen LogP contribution in [-0.4, -0.2) is 9.78 Å². The van der Waals surface area contributed by atoms with Crippen LogP contribution in [0.15, 0.2) is 36.7 Å². The summed E-state index contributed by atoms with van der Waals surface area (Å²) in [5.74, 6) is 5.65. The fourth-order valence-corrected chi connectivity index (χ4v) is 2.15. The lowest BCUT2D eigenvalue weighted by atomic mass is 9.99. The number of hydrogen-bond donors (Lipinski definition) is 2. The molecule has 2 rings (SSSR count). The van der Waals surface area contributed by atoms with Gasteiger partial charge >= 0.3 is 0 Å². The Labute approximate surface area is 108 Å². The van der Waals surface area contributed by atoms with E-state index >= 15 is 0 Å². The lowest BCUT2D eigenvalue weighted by molar-refractivity contribution is 0.516. The normalized spacial score (nSPS) is 12.6. The second-order valence-corrected chi connectivity index (χ2v) is 4.69. The van der Waals surface area contributed by atoms with Gasteiger partial charge in [0.05, 0.1) is 6.20 Å². The minimum atomic E-state index is 0.185. The highest BCUT2D eigenvalue weighted by molar-refractivity contribution is 5.25. The van der Waals surface area contributed by atoms with Crippen LogP contribution in [-0.2, 0) is 13.5 Å². The quantitative estimate of drug-likeness (QED) is 0.623. The highest BCUT2D eigenvalue weighted by Crippen LogP contribution is 2.19. The topological polar surface area (TPSA) is 55.9 Å². The summed E-state index contributed by atoms with van der Waals surface area (Å²) in [6.45, 7) is 2.10. The third-order valence-corrected chi connectivity index (χ3v) is 3.13. The highest BCUT2D eigenvalue weighted by Gasteiger charge is 2.10. The molecule has 3 N–H and O–H groups in total. The number of nitrogens with two attached hydrogens (primary N) is 1. The minimum absolute atomic E-state index is 0.185. The van der Waals surface area contributed by atoms with Crippen molar-refractivity contribution in [3.05, 3.63) is 53.3 Å². The first-order chi connectivity index (χ1) is 8.69. The Bertz CT molecular complexity index is 504. The second kappa shape index (κ2) is 5.80. The molecule has 1 unspecified atom stereocenters. The fraction of sp³-hybridized carbons (Fsp3) is 0.357. The summed E-state index contributed by atoms with van der Waals surface area (Å²) in [4.78, 5) is 0. The molecule has 0 saturated heterocycles. The summed E-state index contributed by atoms with van der Waals surface area (Å²) in [5, 5.41) is 4.17. The number of rotatable bonds is 5. The van der Waals surface area contributed by atoms with Gasteiger partial charge in [-0.2, -0.15) is 5.10 Å². The van der Waals surface area contributed by atoms with E-state index in [1.807, 2.05) is 24.1 Å². The Morgan fingerprint density at radius 1 is 1.44 bits per heavy atom. The molecule has 1 heterocycles. The molecule has 0 aliphatic heterocycles. The molecule has 4 heteroatoms. The van der Waals surface area contributed by atoms with Crippen molar-refractivity contribution in [1.29, 1.82) is 0 Å². The van der Waals surface area contributed by atoms with Crippen molar-refractivity contribution in [2.75, 3.05) is 0 Å². The van der Waals surface area contributed by atoms with Crippen LogP contribution in [0.3, 0.4) is 0 Å². The number of hydrogen-bond acceptors (Lipinski definition) is 3. The summed E-state index contributed by atoms with van der Waals surface area (Å²) in [7, 11) is 1.93. The molecule has 1 aromatic carbocycles. The average Bonchev–Trinajstić information content (AvgIpc) is 2.76. The van der Waals surface area contributed by atoms with Gasteiger partial charge < -0.3 is 0 Å². The maximum Gasteiger partial charge on any atom is 0.0521 e. The molecule has 0 aliphatic rings. The Morgan fingerprint density at radius 2 is 2.28 bits per heavy atom. The van der Waals surface area contributed by atoms with Gasteiger partial charge in [-0.15, -0.1) is 0 Å². The number of nitrogens with one attached hydrogen (secondary N) is 1. The van der Waals surface area contributed by atoms with Crippen LogP contribution in [0.5, 0.6) is 0 Å². The van der Waals surface area contributed by atoms with E-state index in [1.54, 1.807) is 0 Å². The smallest absolute Gasteiger partial charge is 0.0521 e. The molecule has 0 amide bonds. The Morgan fingerprint density at radius 3 is 2.89 bits per heavy atom. The van der Waals surface area contributed by atoms with Crippen molar-refractivity contribution in [1.82, 2.24) is 15.2 Å². The summed E-state index contributed by atoms with van der Waals surface area (Å²) in [6, 6.07) is 8.64. The van der Waals surface area contributed by atoms with Crippen LogP contribution >= 0.6 is 0 Å². The van der Waals surface area contributed by atoms with Crippen molar-refractivity contribution in [3.8, 4) is 0 Å². The number of aromatic nitrogens is 2. The van der Waals surface area contributed by atoms with E-state index in [2.05, 4.69) is 41.7 Å². The Kier molecular flexibility index (Phi) is 4.12. The predicted molar refractivity (Wildman–Crippen MR) is 72.8 cm³/mol. The SMILES string of the molecule is Cc1cccc(C(CCc2cnn(C)c2)NN)c1. The number of nitrogens with zero attached hydrogens (tertiary/aromatic N) is 2. The maximum absolute atomic E-state index is 5.65. The van der Waals surface area contributed by atoms with Crippen molar-refractivity contribution in [3.63, 3.8) is 0 Å². The fourth-order valence-electron chi connectivity index (χ4n) is 2.15. The monoisotopic (exact) mass is 244 g/mol. The van der Waals surface area contributed by atoms with E-state index < -0.39 is 0 Å². The molecule has 1 atom stereocenters. The summed E-state index contributed by atoms with van der Waals surface area (Å²) < 4.78 is 1.83. The zero-order valence-electron chi connectivity index (χ0n) is 10.9. The van der Waals surface area contributed by atoms with E-state index in [9.17, 15) is 0 Å². The van der Waals surface area contributed by atoms with Crippen LogP contribution in [0.4, 0.5) is 0 Å². The van der Waals surface area contributed by atoms with E-state index in [0.29, 0.717) is 0 Å². The van der Waals surface area contributed by atoms with E-state index in [1.165, 1.54) is 16.7 Å². The summed E-state index contributed by atoms with van der Waals surface area (Å²) >= 11 is 0. The minimum Gasteiger partial charge on any atom is -0.276 e. The van der Waals surface area contributed by atoms with E-state index in [4.69, 9.17) is 5.84 Å². The molecule has 0 fully saturated rings. The van der Waals surface area contributed by atoms with Gasteiger partial charge in [-0.3, -0.25) is 16.0 Å². The lowest BCUT2D eigenvalue weighted by Gasteiger charge is -2.16. The molecule has 0 radical (unpaired) electrons. The largest absolute Gasteiger partial charge is 0.276 e. The molecule has 2 aromatic rings. The van der Waals surface area contributed by atoms with Crippen LogP contribution < -0.4 is 11.3 Å². The molecule has 96 valence electrons. The summed E-state index contributed by atoms with van der Waals surface area (Å²) in [6.07, 6.45) is 5.88. The van der Waals surface area contributed by atoms with Crippen molar-refractivity contribution >= 4 is 0 Å². The molecule has 0 saturated carbocycles. The molecule has 4 nitrogen and oxygen atoms in total. The summed E-state index contributed by atoms with van der Waals surface area (Å²) in [5.41, 5.74) is 6.63. The molecular weight excluding hydrogens is 224 g/mol. The van der Waals surface area contributed by atoms with Gasteiger partial charge in [-0.05, 0) is 30.9 Å². The van der Waals surface area contributed by atoms with E-state index in [0.717, 1.165) is 12.8 Å². The van der Waals surface area contributed by atoms with Crippen molar-refractivity contribution < 1.29 is 0 Å². The van der Waals surface area contributed by atoms with Crippen LogP contribution in [0, 0.1) is 6.92 Å². The predicted octanol–water partition coefficient (Wildman–Crippen LogP) is 1.87. The molecular formula is C14H20N4. The molecule has 0 aliphatic carbocycles. The average molecular weight is 244 g/mol. The standard InChI is InChI=1S/C14H20N4/c1-11-4-3-5-13(8-11)14(17-15)7-6-12-9-16-18(2)10-12/h3-5,8-10,14,17H,6-7,15H2,1-2H3. The van der Waals surface area contributed by atoms with Gasteiger partial charge in [0, 0.05) is 19.3 Å². The van der Waals surface area contributed by atoms with Crippen LogP contribution in [0.2, 0.25) is 0 Å². The molecule has 1 aromatic heterocycles. The number of aryl methyl sites for hydroxylation is 3. The third kappa shape index (κ3) is 3.18. The molecule has 0 bridgehead atoms. The van der Waals surface area contributed by atoms with Gasteiger partial charge in [0.1, 0.15) is 0 Å². The van der Waals surface area contributed by atoms with Gasteiger partial charge in [0.2, 0.25) is 0 Å². The van der Waals surface area contributed by atoms with Gasteiger partial charge in [-0.25, -0.2) is 0 Å². The third-order valence-electron chi connectivity index (χ3n) is 3.13. The van der Waals surface area contributed by atoms with Crippen LogP contribution in [0.25, 0.3) is 0 Å². The second-order valence-electron chi connectivity index (χ2n) is 4.69. The van der Waals surface area contributed by atoms with Crippen molar-refractivity contribution in [2.45, 2.75) is 25.8 Å². The zero-order valence-corrected chi connectivity index (χ0v) is 10.9. The lowest BCUT2D eigenvalue weighted by Crippen LogP contribution is -2.28. The van der Waals surface area contributed by atoms with Gasteiger partial charge in [0.15, 0.2) is 0 Å². The Balaban J connectivity index is 2.01. The first-order valence-electron chi connectivity index (χ1n) is 6.19. The number of benzene rings is 1. The Hall–Kier alpha value is -1.65. The first kappa shape index (κ1) is 12.8. The molecule has 18 heavy (non-hydrogen) atoms. The van der Waals surface area contributed by atoms with Gasteiger partial charge in [0.25, 0.3) is 0 Å². The molecule has 0 spiro atoms. The maximum atomic E-state index is 5.65. The highest BCUT2D eigenvalue weighted by atomic mass is 15.2. The van der Waals surface area contributed by atoms with E-state index in [-0.39, 0.29) is 6.04 Å². The van der Waals surface area contributed by atoms with Gasteiger partial charge in [-0.1, -0.05) is 29.8 Å². The number of hydrazine groups is 1. The van der Waals surface area contributed by atoms with Crippen LogP contribution in [0.1, 0.15) is 29.2 Å². The first-order valence-corrected chi connectivity index (χ1v) is 6.19. The van der Waals surface area contributed by atoms with Crippen molar-refractivity contribution in [2.24, 2.45) is 12.9 Å². The zero-order chi connectivity index (χ0) is 13.0.